The number of quaternary nitrogens is 1. The standard InChI is InChI=1S/C82H127NO8/c1-6-8-10-12-14-16-18-20-22-24-26-28-30-32-33-34-35-36-37-38-39-40-41-42-43-44-45-46-47-49-51-53-55-57-59-61-63-65-67-69-71-73-80(85)91-78(77-90-82(81(86)87)88-75-74-83(3,4)5)76-89-79(84)72-70-68-66-64-62-60-58-56-54-52-50-48-31-29-27-25-23-21-19-17-15-13-11-9-7-2/h8-11,14-17,20-23,26-29,32-33,35-36,38-39,41-42,44-45,47-50,53-56,78,82H,6-7,12-13,18-19,24-25,30-31,34,37,40,43,46,51-52,57-77H2,1-5H3/p+1/b10-8-,11-9-,16-14-,17-15-,22-20-,23-21-,28-26-,29-27-,33-32-,36-35-,39-38-,42-41-,45-44-,49-47-,50-48-,55-53-,56-54-. The fourth-order valence-corrected chi connectivity index (χ4v) is 8.73. The monoisotopic (exact) mass is 1250 g/mol. The van der Waals surface area contributed by atoms with Gasteiger partial charge in [0.1, 0.15) is 13.2 Å². The quantitative estimate of drug-likeness (QED) is 0.0211. The molecule has 0 bridgehead atoms. The molecule has 0 aliphatic heterocycles. The summed E-state index contributed by atoms with van der Waals surface area (Å²) < 4.78 is 22.9. The Bertz CT molecular complexity index is 2250. The van der Waals surface area contributed by atoms with Crippen molar-refractivity contribution in [2.45, 2.75) is 245 Å². The van der Waals surface area contributed by atoms with E-state index in [2.05, 4.69) is 220 Å². The number of nitrogens with zero attached hydrogens (tertiary/aromatic N) is 1. The van der Waals surface area contributed by atoms with Crippen LogP contribution >= 0.6 is 0 Å². The van der Waals surface area contributed by atoms with Crippen LogP contribution in [0.25, 0.3) is 0 Å². The van der Waals surface area contributed by atoms with Crippen molar-refractivity contribution in [2.24, 2.45) is 0 Å². The molecule has 0 aromatic heterocycles. The lowest BCUT2D eigenvalue weighted by molar-refractivity contribution is -0.870. The molecule has 0 rings (SSSR count). The van der Waals surface area contributed by atoms with Crippen molar-refractivity contribution in [3.63, 3.8) is 0 Å². The van der Waals surface area contributed by atoms with E-state index in [1.54, 1.807) is 0 Å². The number of carbonyl (C=O) groups excluding carboxylic acids is 2. The lowest BCUT2D eigenvalue weighted by Crippen LogP contribution is -2.40. The molecule has 2 unspecified atom stereocenters. The number of carbonyl (C=O) groups is 3. The third-order valence-electron chi connectivity index (χ3n) is 14.0. The SMILES string of the molecule is CC/C=C\C/C=C\C/C=C\C/C=C\C/C=C\C/C=C\C/C=C\C/C=C\C/C=C\C/C=C\C/C=C\CCCCCCCCCC(=O)OC(COC(=O)CCCCCCCC/C=C\C/C=C\C/C=C\C/C=C\C/C=C\C/C=C\CC)COC(OCC[N+](C)(C)C)C(=O)O. The lowest BCUT2D eigenvalue weighted by atomic mass is 10.1. The molecule has 1 N–H and O–H groups in total. The Hall–Kier alpha value is -6.13. The van der Waals surface area contributed by atoms with Gasteiger partial charge >= 0.3 is 17.9 Å². The van der Waals surface area contributed by atoms with Crippen LogP contribution in [0.15, 0.2) is 207 Å². The Balaban J connectivity index is 4.25. The third kappa shape index (κ3) is 71.2. The largest absolute Gasteiger partial charge is 0.477 e. The molecule has 9 nitrogen and oxygen atoms in total. The van der Waals surface area contributed by atoms with Crippen LogP contribution in [0.1, 0.15) is 232 Å². The molecule has 0 heterocycles. The number of rotatable bonds is 62. The van der Waals surface area contributed by atoms with Crippen molar-refractivity contribution < 1.29 is 42.9 Å². The van der Waals surface area contributed by atoms with E-state index in [4.69, 9.17) is 18.9 Å². The Morgan fingerprint density at radius 2 is 0.593 bits per heavy atom. The van der Waals surface area contributed by atoms with Gasteiger partial charge in [-0.3, -0.25) is 9.59 Å². The van der Waals surface area contributed by atoms with Gasteiger partial charge < -0.3 is 28.5 Å². The highest BCUT2D eigenvalue weighted by Crippen LogP contribution is 2.14. The molecule has 0 fully saturated rings. The molecule has 0 amide bonds. The number of likely N-dealkylation sites (N-methyl/N-ethyl adjacent to an activating group) is 1. The van der Waals surface area contributed by atoms with Crippen LogP contribution in [0.4, 0.5) is 0 Å². The van der Waals surface area contributed by atoms with E-state index in [0.717, 1.165) is 180 Å². The van der Waals surface area contributed by atoms with Gasteiger partial charge in [0.2, 0.25) is 0 Å². The van der Waals surface area contributed by atoms with Gasteiger partial charge in [-0.05, 0) is 148 Å². The number of hydrogen-bond acceptors (Lipinski definition) is 7. The topological polar surface area (TPSA) is 108 Å². The van der Waals surface area contributed by atoms with E-state index < -0.39 is 24.3 Å². The van der Waals surface area contributed by atoms with Crippen molar-refractivity contribution in [3.05, 3.63) is 207 Å². The molecular formula is C82H128NO8+. The average molecular weight is 1260 g/mol. The Morgan fingerprint density at radius 3 is 0.879 bits per heavy atom. The summed E-state index contributed by atoms with van der Waals surface area (Å²) in [7, 11) is 5.95. The number of carboxylic acid groups (broad SMARTS) is 1. The average Bonchev–Trinajstić information content (AvgIpc) is 3.53. The molecule has 0 saturated heterocycles. The van der Waals surface area contributed by atoms with Gasteiger partial charge in [-0.25, -0.2) is 4.79 Å². The number of hydrogen-bond donors (Lipinski definition) is 1. The second kappa shape index (κ2) is 69.8. The van der Waals surface area contributed by atoms with Crippen molar-refractivity contribution in [2.75, 3.05) is 47.5 Å². The zero-order valence-electron chi connectivity index (χ0n) is 57.9. The fourth-order valence-electron chi connectivity index (χ4n) is 8.73. The van der Waals surface area contributed by atoms with Crippen molar-refractivity contribution in [1.82, 2.24) is 0 Å². The van der Waals surface area contributed by atoms with Gasteiger partial charge in [0.05, 0.1) is 34.4 Å². The number of allylic oxidation sites excluding steroid dienone is 34. The normalized spacial score (nSPS) is 14.0. The van der Waals surface area contributed by atoms with Crippen LogP contribution in [-0.2, 0) is 33.3 Å². The van der Waals surface area contributed by atoms with Gasteiger partial charge in [-0.15, -0.1) is 0 Å². The summed E-state index contributed by atoms with van der Waals surface area (Å²) in [6, 6.07) is 0. The zero-order chi connectivity index (χ0) is 66.1. The molecule has 0 spiro atoms. The second-order valence-corrected chi connectivity index (χ2v) is 23.7. The van der Waals surface area contributed by atoms with E-state index in [1.807, 2.05) is 21.1 Å². The molecule has 0 aromatic carbocycles. The van der Waals surface area contributed by atoms with E-state index in [9.17, 15) is 19.5 Å². The van der Waals surface area contributed by atoms with Crippen molar-refractivity contribution in [1.29, 1.82) is 0 Å². The number of esters is 2. The van der Waals surface area contributed by atoms with Crippen molar-refractivity contribution in [3.8, 4) is 0 Å². The minimum atomic E-state index is -1.53. The van der Waals surface area contributed by atoms with Crippen LogP contribution < -0.4 is 0 Å². The fraction of sp³-hybridized carbons (Fsp3) is 0.549. The first kappa shape index (κ1) is 84.9. The highest BCUT2D eigenvalue weighted by atomic mass is 16.7. The maximum Gasteiger partial charge on any atom is 0.361 e. The first-order valence-corrected chi connectivity index (χ1v) is 35.2. The maximum atomic E-state index is 12.9. The van der Waals surface area contributed by atoms with Crippen LogP contribution in [-0.4, -0.2) is 87.4 Å². The maximum absolute atomic E-state index is 12.9. The highest BCUT2D eigenvalue weighted by Gasteiger charge is 2.25. The van der Waals surface area contributed by atoms with E-state index >= 15 is 0 Å². The second-order valence-electron chi connectivity index (χ2n) is 23.7. The molecule has 2 atom stereocenters. The molecule has 9 heteroatoms. The molecular weight excluding hydrogens is 1130 g/mol. The van der Waals surface area contributed by atoms with Crippen LogP contribution in [0.3, 0.4) is 0 Å². The van der Waals surface area contributed by atoms with Crippen LogP contribution in [0.5, 0.6) is 0 Å². The van der Waals surface area contributed by atoms with Gasteiger partial charge in [-0.2, -0.15) is 0 Å². The lowest BCUT2D eigenvalue weighted by Gasteiger charge is -2.25. The smallest absolute Gasteiger partial charge is 0.361 e. The number of carboxylic acids is 1. The van der Waals surface area contributed by atoms with Crippen LogP contribution in [0.2, 0.25) is 0 Å². The zero-order valence-corrected chi connectivity index (χ0v) is 57.9. The molecule has 508 valence electrons. The molecule has 0 aromatic rings. The Kier molecular flexibility index (Phi) is 65.1. The molecule has 0 aliphatic rings. The number of aliphatic carboxylic acids is 1. The molecule has 91 heavy (non-hydrogen) atoms. The van der Waals surface area contributed by atoms with Gasteiger partial charge in [0.15, 0.2) is 6.10 Å². The van der Waals surface area contributed by atoms with Crippen LogP contribution in [0, 0.1) is 0 Å². The first-order valence-electron chi connectivity index (χ1n) is 35.2. The minimum absolute atomic E-state index is 0.171. The highest BCUT2D eigenvalue weighted by molar-refractivity contribution is 5.71. The number of unbranched alkanes of at least 4 members (excludes halogenated alkanes) is 13. The van der Waals surface area contributed by atoms with Gasteiger partial charge in [0, 0.05) is 12.8 Å². The summed E-state index contributed by atoms with van der Waals surface area (Å²) in [5.74, 6) is -2.06. The predicted octanol–water partition coefficient (Wildman–Crippen LogP) is 22.4. The first-order chi connectivity index (χ1) is 44.6. The van der Waals surface area contributed by atoms with Crippen molar-refractivity contribution >= 4 is 17.9 Å². The summed E-state index contributed by atoms with van der Waals surface area (Å²) in [6.45, 7) is 4.59. The number of ether oxygens (including phenoxy) is 4. The third-order valence-corrected chi connectivity index (χ3v) is 14.0. The summed E-state index contributed by atoms with van der Waals surface area (Å²) >= 11 is 0. The van der Waals surface area contributed by atoms with E-state index in [0.29, 0.717) is 17.4 Å². The van der Waals surface area contributed by atoms with E-state index in [-0.39, 0.29) is 38.6 Å². The summed E-state index contributed by atoms with van der Waals surface area (Å²) in [5.41, 5.74) is 0. The Morgan fingerprint density at radius 1 is 0.330 bits per heavy atom. The Labute approximate surface area is 556 Å². The van der Waals surface area contributed by atoms with Gasteiger partial charge in [0.25, 0.3) is 6.29 Å². The summed E-state index contributed by atoms with van der Waals surface area (Å²) in [6.07, 6.45) is 106. The summed E-state index contributed by atoms with van der Waals surface area (Å²) in [5, 5.41) is 9.75. The molecule has 0 radical (unpaired) electrons. The molecule has 0 aliphatic carbocycles. The summed E-state index contributed by atoms with van der Waals surface area (Å²) in [4.78, 5) is 37.6. The van der Waals surface area contributed by atoms with Gasteiger partial charge in [-0.1, -0.05) is 278 Å². The minimum Gasteiger partial charge on any atom is -0.477 e. The van der Waals surface area contributed by atoms with E-state index in [1.165, 1.54) is 19.3 Å². The molecule has 0 saturated carbocycles. The predicted molar refractivity (Wildman–Crippen MR) is 391 cm³/mol.